The van der Waals surface area contributed by atoms with Gasteiger partial charge in [-0.15, -0.1) is 0 Å². The van der Waals surface area contributed by atoms with Gasteiger partial charge in [-0.3, -0.25) is 4.79 Å². The number of amides is 1. The van der Waals surface area contributed by atoms with Crippen LogP contribution in [0.5, 0.6) is 0 Å². The molecule has 0 fully saturated rings. The van der Waals surface area contributed by atoms with E-state index in [0.717, 1.165) is 11.1 Å². The number of methoxy groups -OCH3 is 1. The first-order valence-corrected chi connectivity index (χ1v) is 7.64. The van der Waals surface area contributed by atoms with Gasteiger partial charge in [-0.1, -0.05) is 60.7 Å². The van der Waals surface area contributed by atoms with E-state index >= 15 is 0 Å². The van der Waals surface area contributed by atoms with Gasteiger partial charge in [0, 0.05) is 7.11 Å². The largest absolute Gasteiger partial charge is 0.385 e. The van der Waals surface area contributed by atoms with E-state index in [9.17, 15) is 9.90 Å². The Kier molecular flexibility index (Phi) is 5.90. The van der Waals surface area contributed by atoms with Crippen LogP contribution in [-0.4, -0.2) is 24.7 Å². The number of carbonyl (C=O) groups excluding carboxylic acids is 1. The maximum absolute atomic E-state index is 12.4. The average molecular weight is 313 g/mol. The van der Waals surface area contributed by atoms with Crippen LogP contribution in [-0.2, 0) is 15.1 Å². The summed E-state index contributed by atoms with van der Waals surface area (Å²) in [6.45, 7) is 2.03. The van der Waals surface area contributed by atoms with Crippen LogP contribution in [0.3, 0.4) is 0 Å². The summed E-state index contributed by atoms with van der Waals surface area (Å²) in [4.78, 5) is 12.4. The lowest BCUT2D eigenvalue weighted by molar-refractivity contribution is -0.127. The molecule has 2 aromatic rings. The third-order valence-electron chi connectivity index (χ3n) is 3.77. The van der Waals surface area contributed by atoms with E-state index in [0.29, 0.717) is 6.61 Å². The molecule has 4 heteroatoms. The molecule has 122 valence electrons. The summed E-state index contributed by atoms with van der Waals surface area (Å²) >= 11 is 0. The lowest BCUT2D eigenvalue weighted by Gasteiger charge is -2.25. The Morgan fingerprint density at radius 2 is 1.70 bits per heavy atom. The summed E-state index contributed by atoms with van der Waals surface area (Å²) in [6, 6.07) is 18.6. The summed E-state index contributed by atoms with van der Waals surface area (Å²) in [7, 11) is 1.60. The van der Waals surface area contributed by atoms with E-state index < -0.39 is 5.60 Å². The number of aliphatic hydroxyl groups is 1. The minimum Gasteiger partial charge on any atom is -0.385 e. The second kappa shape index (κ2) is 7.90. The predicted octanol–water partition coefficient (Wildman–Crippen LogP) is 2.79. The smallest absolute Gasteiger partial charge is 0.223 e. The van der Waals surface area contributed by atoms with Crippen molar-refractivity contribution < 1.29 is 14.6 Å². The molecule has 2 unspecified atom stereocenters. The predicted molar refractivity (Wildman–Crippen MR) is 89.8 cm³/mol. The lowest BCUT2D eigenvalue weighted by atomic mass is 9.92. The summed E-state index contributed by atoms with van der Waals surface area (Å²) in [6.07, 6.45) is -0.00986. The second-order valence-electron chi connectivity index (χ2n) is 5.80. The van der Waals surface area contributed by atoms with Gasteiger partial charge in [-0.25, -0.2) is 0 Å². The fraction of sp³-hybridized carbons (Fsp3) is 0.316. The van der Waals surface area contributed by atoms with Crippen molar-refractivity contribution >= 4 is 5.91 Å². The molecule has 0 heterocycles. The highest BCUT2D eigenvalue weighted by molar-refractivity contribution is 5.77. The molecular weight excluding hydrogens is 290 g/mol. The van der Waals surface area contributed by atoms with Crippen molar-refractivity contribution in [2.75, 3.05) is 13.7 Å². The van der Waals surface area contributed by atoms with Crippen molar-refractivity contribution in [1.29, 1.82) is 0 Å². The maximum atomic E-state index is 12.4. The third-order valence-corrected chi connectivity index (χ3v) is 3.77. The van der Waals surface area contributed by atoms with Crippen molar-refractivity contribution in [3.8, 4) is 0 Å². The normalized spacial score (nSPS) is 14.7. The summed E-state index contributed by atoms with van der Waals surface area (Å²) in [5, 5.41) is 13.5. The van der Waals surface area contributed by atoms with Crippen LogP contribution in [0.1, 0.15) is 30.5 Å². The molecule has 0 aromatic heterocycles. The monoisotopic (exact) mass is 313 g/mol. The SMILES string of the molecule is COCC(NC(=O)CC(C)(O)c1ccccc1)c1ccccc1. The van der Waals surface area contributed by atoms with Crippen molar-refractivity contribution in [2.24, 2.45) is 0 Å². The fourth-order valence-corrected chi connectivity index (χ4v) is 2.53. The number of nitrogens with one attached hydrogen (secondary N) is 1. The fourth-order valence-electron chi connectivity index (χ4n) is 2.53. The van der Waals surface area contributed by atoms with Gasteiger partial charge in [0.2, 0.25) is 5.91 Å². The van der Waals surface area contributed by atoms with Crippen molar-refractivity contribution in [3.63, 3.8) is 0 Å². The molecule has 0 saturated carbocycles. The standard InChI is InChI=1S/C19H23NO3/c1-19(22,16-11-7-4-8-12-16)13-18(21)20-17(14-23-2)15-9-5-3-6-10-15/h3-12,17,22H,13-14H2,1-2H3,(H,20,21). The zero-order valence-corrected chi connectivity index (χ0v) is 13.5. The van der Waals surface area contributed by atoms with Gasteiger partial charge in [0.25, 0.3) is 0 Å². The Morgan fingerprint density at radius 3 is 2.26 bits per heavy atom. The van der Waals surface area contributed by atoms with E-state index in [1.807, 2.05) is 60.7 Å². The molecule has 0 aliphatic carbocycles. The maximum Gasteiger partial charge on any atom is 0.223 e. The third kappa shape index (κ3) is 4.91. The van der Waals surface area contributed by atoms with Crippen LogP contribution in [0.4, 0.5) is 0 Å². The van der Waals surface area contributed by atoms with Gasteiger partial charge >= 0.3 is 0 Å². The number of benzene rings is 2. The first-order chi connectivity index (χ1) is 11.0. The number of hydrogen-bond donors (Lipinski definition) is 2. The molecule has 0 saturated heterocycles. The van der Waals surface area contributed by atoms with Gasteiger partial charge < -0.3 is 15.2 Å². The van der Waals surface area contributed by atoms with Crippen LogP contribution < -0.4 is 5.32 Å². The molecule has 4 nitrogen and oxygen atoms in total. The summed E-state index contributed by atoms with van der Waals surface area (Å²) in [5.41, 5.74) is 0.486. The van der Waals surface area contributed by atoms with Gasteiger partial charge in [0.05, 0.1) is 24.7 Å². The number of rotatable bonds is 7. The van der Waals surface area contributed by atoms with Crippen LogP contribution >= 0.6 is 0 Å². The van der Waals surface area contributed by atoms with Crippen molar-refractivity contribution in [1.82, 2.24) is 5.32 Å². The first-order valence-electron chi connectivity index (χ1n) is 7.64. The van der Waals surface area contributed by atoms with Gasteiger partial charge in [-0.05, 0) is 18.1 Å². The minimum absolute atomic E-state index is 0.00986. The molecule has 0 aliphatic heterocycles. The number of hydrogen-bond acceptors (Lipinski definition) is 3. The first kappa shape index (κ1) is 17.2. The molecule has 2 aromatic carbocycles. The van der Waals surface area contributed by atoms with Crippen LogP contribution in [0, 0.1) is 0 Å². The van der Waals surface area contributed by atoms with Crippen LogP contribution in [0.2, 0.25) is 0 Å². The molecule has 0 aliphatic rings. The summed E-state index contributed by atoms with van der Waals surface area (Å²) in [5.74, 6) is -0.218. The Morgan fingerprint density at radius 1 is 1.13 bits per heavy atom. The molecular formula is C19H23NO3. The molecule has 0 radical (unpaired) electrons. The Balaban J connectivity index is 2.05. The average Bonchev–Trinajstić information content (AvgIpc) is 2.55. The van der Waals surface area contributed by atoms with E-state index in [1.165, 1.54) is 0 Å². The zero-order valence-electron chi connectivity index (χ0n) is 13.5. The topological polar surface area (TPSA) is 58.6 Å². The van der Waals surface area contributed by atoms with Gasteiger partial charge in [0.1, 0.15) is 0 Å². The molecule has 23 heavy (non-hydrogen) atoms. The molecule has 1 amide bonds. The second-order valence-corrected chi connectivity index (χ2v) is 5.80. The zero-order chi connectivity index (χ0) is 16.7. The van der Waals surface area contributed by atoms with Gasteiger partial charge in [-0.2, -0.15) is 0 Å². The summed E-state index contributed by atoms with van der Waals surface area (Å²) < 4.78 is 5.20. The molecule has 2 N–H and O–H groups in total. The Hall–Kier alpha value is -2.17. The Bertz CT molecular complexity index is 611. The molecule has 2 rings (SSSR count). The quantitative estimate of drug-likeness (QED) is 0.826. The van der Waals surface area contributed by atoms with E-state index in [2.05, 4.69) is 5.32 Å². The highest BCUT2D eigenvalue weighted by atomic mass is 16.5. The Labute approximate surface area is 137 Å². The van der Waals surface area contributed by atoms with Crippen LogP contribution in [0.25, 0.3) is 0 Å². The molecule has 0 bridgehead atoms. The number of carbonyl (C=O) groups is 1. The minimum atomic E-state index is -1.21. The highest BCUT2D eigenvalue weighted by Gasteiger charge is 2.27. The van der Waals surface area contributed by atoms with E-state index in [-0.39, 0.29) is 18.4 Å². The molecule has 2 atom stereocenters. The van der Waals surface area contributed by atoms with E-state index in [1.54, 1.807) is 14.0 Å². The lowest BCUT2D eigenvalue weighted by Crippen LogP contribution is -2.36. The highest BCUT2D eigenvalue weighted by Crippen LogP contribution is 2.24. The molecule has 0 spiro atoms. The van der Waals surface area contributed by atoms with Crippen molar-refractivity contribution in [2.45, 2.75) is 25.0 Å². The van der Waals surface area contributed by atoms with E-state index in [4.69, 9.17) is 4.74 Å². The van der Waals surface area contributed by atoms with Crippen molar-refractivity contribution in [3.05, 3.63) is 71.8 Å². The van der Waals surface area contributed by atoms with Gasteiger partial charge in [0.15, 0.2) is 0 Å². The number of ether oxygens (including phenoxy) is 1. The van der Waals surface area contributed by atoms with Crippen LogP contribution in [0.15, 0.2) is 60.7 Å².